The zero-order chi connectivity index (χ0) is 17.9. The van der Waals surface area contributed by atoms with Crippen LogP contribution in [0.5, 0.6) is 5.75 Å². The first kappa shape index (κ1) is 16.0. The molecule has 0 spiro atoms. The Balaban J connectivity index is 1.49. The standard InChI is InChI=1S/C19H19N5O2/c1-24-9-10-26-17-8-7-14(11-16(17)24)21-19(25)22-15-12-20-23-18(15)13-5-3-2-4-6-13/h2-8,11-12H,9-10H2,1H3,(H,20,23)(H2,21,22,25). The molecule has 1 aromatic heterocycles. The van der Waals surface area contributed by atoms with Gasteiger partial charge < -0.3 is 20.3 Å². The summed E-state index contributed by atoms with van der Waals surface area (Å²) in [7, 11) is 2.00. The average molecular weight is 349 g/mol. The number of aromatic nitrogens is 2. The molecule has 2 amide bonds. The third-order valence-electron chi connectivity index (χ3n) is 4.26. The van der Waals surface area contributed by atoms with Crippen molar-refractivity contribution in [2.75, 3.05) is 35.7 Å². The number of nitrogens with zero attached hydrogens (tertiary/aromatic N) is 2. The number of likely N-dealkylation sites (N-methyl/N-ethyl adjacent to an activating group) is 1. The van der Waals surface area contributed by atoms with Crippen molar-refractivity contribution in [3.8, 4) is 17.0 Å². The number of nitrogens with one attached hydrogen (secondary N) is 3. The molecule has 7 heteroatoms. The summed E-state index contributed by atoms with van der Waals surface area (Å²) >= 11 is 0. The Morgan fingerprint density at radius 1 is 1.19 bits per heavy atom. The number of aromatic amines is 1. The molecule has 0 radical (unpaired) electrons. The third kappa shape index (κ3) is 3.19. The Morgan fingerprint density at radius 2 is 2.04 bits per heavy atom. The third-order valence-corrected chi connectivity index (χ3v) is 4.26. The number of hydrogen-bond acceptors (Lipinski definition) is 4. The number of benzene rings is 2. The molecule has 3 aromatic rings. The van der Waals surface area contributed by atoms with E-state index in [-0.39, 0.29) is 6.03 Å². The Kier molecular flexibility index (Phi) is 4.18. The summed E-state index contributed by atoms with van der Waals surface area (Å²) in [6.45, 7) is 1.48. The van der Waals surface area contributed by atoms with E-state index >= 15 is 0 Å². The fourth-order valence-electron chi connectivity index (χ4n) is 2.92. The van der Waals surface area contributed by atoms with E-state index < -0.39 is 0 Å². The van der Waals surface area contributed by atoms with E-state index in [1.807, 2.05) is 55.6 Å². The molecule has 0 saturated heterocycles. The van der Waals surface area contributed by atoms with Crippen LogP contribution in [0.3, 0.4) is 0 Å². The summed E-state index contributed by atoms with van der Waals surface area (Å²) in [5.74, 6) is 0.825. The van der Waals surface area contributed by atoms with Gasteiger partial charge in [0.25, 0.3) is 0 Å². The minimum absolute atomic E-state index is 0.331. The number of urea groups is 1. The molecule has 0 saturated carbocycles. The number of fused-ring (bicyclic) bond motifs is 1. The van der Waals surface area contributed by atoms with E-state index in [9.17, 15) is 4.79 Å². The smallest absolute Gasteiger partial charge is 0.323 e. The van der Waals surface area contributed by atoms with Gasteiger partial charge in [0.1, 0.15) is 12.4 Å². The van der Waals surface area contributed by atoms with E-state index in [1.165, 1.54) is 0 Å². The number of rotatable bonds is 3. The molecule has 132 valence electrons. The van der Waals surface area contributed by atoms with Crippen molar-refractivity contribution in [1.29, 1.82) is 0 Å². The number of hydrogen-bond donors (Lipinski definition) is 3. The predicted molar refractivity (Wildman–Crippen MR) is 102 cm³/mol. The molecule has 1 aliphatic heterocycles. The quantitative estimate of drug-likeness (QED) is 0.675. The zero-order valence-corrected chi connectivity index (χ0v) is 14.3. The first-order valence-corrected chi connectivity index (χ1v) is 8.35. The minimum atomic E-state index is -0.331. The Labute approximate surface area is 151 Å². The molecule has 1 aliphatic rings. The molecule has 2 aromatic carbocycles. The molecule has 0 fully saturated rings. The summed E-state index contributed by atoms with van der Waals surface area (Å²) in [5, 5.41) is 12.7. The lowest BCUT2D eigenvalue weighted by Crippen LogP contribution is -2.29. The highest BCUT2D eigenvalue weighted by molar-refractivity contribution is 6.02. The molecule has 0 unspecified atom stereocenters. The van der Waals surface area contributed by atoms with Crippen molar-refractivity contribution in [1.82, 2.24) is 10.2 Å². The van der Waals surface area contributed by atoms with Gasteiger partial charge in [0, 0.05) is 18.3 Å². The topological polar surface area (TPSA) is 82.3 Å². The summed E-state index contributed by atoms with van der Waals surface area (Å²) < 4.78 is 5.62. The van der Waals surface area contributed by atoms with Crippen LogP contribution >= 0.6 is 0 Å². The average Bonchev–Trinajstić information content (AvgIpc) is 3.11. The lowest BCUT2D eigenvalue weighted by atomic mass is 10.1. The highest BCUT2D eigenvalue weighted by Gasteiger charge is 2.16. The van der Waals surface area contributed by atoms with Gasteiger partial charge in [0.2, 0.25) is 0 Å². The van der Waals surface area contributed by atoms with E-state index in [1.54, 1.807) is 6.20 Å². The summed E-state index contributed by atoms with van der Waals surface area (Å²) in [6.07, 6.45) is 1.59. The molecule has 0 atom stereocenters. The number of carbonyl (C=O) groups excluding carboxylic acids is 1. The first-order chi connectivity index (χ1) is 12.7. The normalized spacial score (nSPS) is 12.9. The number of anilines is 3. The van der Waals surface area contributed by atoms with Gasteiger partial charge >= 0.3 is 6.03 Å². The second-order valence-electron chi connectivity index (χ2n) is 6.06. The minimum Gasteiger partial charge on any atom is -0.490 e. The van der Waals surface area contributed by atoms with Crippen LogP contribution in [0.1, 0.15) is 0 Å². The van der Waals surface area contributed by atoms with Gasteiger partial charge in [-0.1, -0.05) is 30.3 Å². The van der Waals surface area contributed by atoms with Crippen molar-refractivity contribution >= 4 is 23.1 Å². The van der Waals surface area contributed by atoms with Crippen molar-refractivity contribution in [2.45, 2.75) is 0 Å². The second-order valence-corrected chi connectivity index (χ2v) is 6.06. The Morgan fingerprint density at radius 3 is 2.88 bits per heavy atom. The zero-order valence-electron chi connectivity index (χ0n) is 14.3. The van der Waals surface area contributed by atoms with Crippen LogP contribution in [-0.4, -0.2) is 36.4 Å². The number of carbonyl (C=O) groups is 1. The fourth-order valence-corrected chi connectivity index (χ4v) is 2.92. The van der Waals surface area contributed by atoms with E-state index in [2.05, 4.69) is 25.7 Å². The molecule has 4 rings (SSSR count). The van der Waals surface area contributed by atoms with Crippen LogP contribution < -0.4 is 20.3 Å². The lowest BCUT2D eigenvalue weighted by Gasteiger charge is -2.28. The van der Waals surface area contributed by atoms with E-state index in [4.69, 9.17) is 4.74 Å². The summed E-state index contributed by atoms with van der Waals surface area (Å²) in [5.41, 5.74) is 3.99. The van der Waals surface area contributed by atoms with Crippen LogP contribution in [0.25, 0.3) is 11.3 Å². The van der Waals surface area contributed by atoms with E-state index in [0.717, 1.165) is 29.2 Å². The fraction of sp³-hybridized carbons (Fsp3) is 0.158. The Hall–Kier alpha value is -3.48. The number of ether oxygens (including phenoxy) is 1. The molecule has 0 aliphatic carbocycles. The predicted octanol–water partition coefficient (Wildman–Crippen LogP) is 3.55. The SMILES string of the molecule is CN1CCOc2ccc(NC(=O)Nc3cn[nH]c3-c3ccccc3)cc21. The molecule has 3 N–H and O–H groups in total. The van der Waals surface area contributed by atoms with Crippen LogP contribution in [-0.2, 0) is 0 Å². The maximum Gasteiger partial charge on any atom is 0.323 e. The maximum absolute atomic E-state index is 12.4. The highest BCUT2D eigenvalue weighted by atomic mass is 16.5. The van der Waals surface area contributed by atoms with Gasteiger partial charge in [-0.05, 0) is 18.2 Å². The first-order valence-electron chi connectivity index (χ1n) is 8.35. The van der Waals surface area contributed by atoms with Gasteiger partial charge in [-0.25, -0.2) is 4.79 Å². The number of H-pyrrole nitrogens is 1. The van der Waals surface area contributed by atoms with E-state index in [0.29, 0.717) is 18.0 Å². The van der Waals surface area contributed by atoms with Gasteiger partial charge in [0.05, 0.1) is 29.8 Å². The molecular formula is C19H19N5O2. The van der Waals surface area contributed by atoms with Crippen molar-refractivity contribution < 1.29 is 9.53 Å². The Bertz CT molecular complexity index is 923. The number of amides is 2. The molecule has 7 nitrogen and oxygen atoms in total. The van der Waals surface area contributed by atoms with Crippen LogP contribution in [0.2, 0.25) is 0 Å². The van der Waals surface area contributed by atoms with Crippen LogP contribution in [0.4, 0.5) is 21.9 Å². The summed E-state index contributed by atoms with van der Waals surface area (Å²) in [6, 6.07) is 15.0. The van der Waals surface area contributed by atoms with Gasteiger partial charge in [-0.2, -0.15) is 5.10 Å². The summed E-state index contributed by atoms with van der Waals surface area (Å²) in [4.78, 5) is 14.5. The van der Waals surface area contributed by atoms with Crippen molar-refractivity contribution in [2.24, 2.45) is 0 Å². The molecule has 26 heavy (non-hydrogen) atoms. The monoisotopic (exact) mass is 349 g/mol. The van der Waals surface area contributed by atoms with Gasteiger partial charge in [-0.3, -0.25) is 5.10 Å². The highest BCUT2D eigenvalue weighted by Crippen LogP contribution is 2.33. The van der Waals surface area contributed by atoms with Crippen LogP contribution in [0, 0.1) is 0 Å². The largest absolute Gasteiger partial charge is 0.490 e. The van der Waals surface area contributed by atoms with Crippen LogP contribution in [0.15, 0.2) is 54.7 Å². The van der Waals surface area contributed by atoms with Gasteiger partial charge in [0.15, 0.2) is 0 Å². The van der Waals surface area contributed by atoms with Gasteiger partial charge in [-0.15, -0.1) is 0 Å². The molecule has 2 heterocycles. The molecular weight excluding hydrogens is 330 g/mol. The van der Waals surface area contributed by atoms with Crippen molar-refractivity contribution in [3.05, 3.63) is 54.7 Å². The lowest BCUT2D eigenvalue weighted by molar-refractivity contribution is 0.262. The maximum atomic E-state index is 12.4. The second kappa shape index (κ2) is 6.79. The molecule has 0 bridgehead atoms. The van der Waals surface area contributed by atoms with Crippen molar-refractivity contribution in [3.63, 3.8) is 0 Å².